The first kappa shape index (κ1) is 18.5. The first-order valence-electron chi connectivity index (χ1n) is 7.25. The molecule has 7 nitrogen and oxygen atoms in total. The standard InChI is InChI=1S/C16H9ClF3N5O2/c17-9-4-2-6-23-13(9)24-10(7-11(21)16(18,19)20)14-25-12-8(15(26)27-14)3-1-5-22-12/h1-7H,21H2. The van der Waals surface area contributed by atoms with Crippen LogP contribution in [0.5, 0.6) is 0 Å². The van der Waals surface area contributed by atoms with Gasteiger partial charge in [0.2, 0.25) is 0 Å². The highest BCUT2D eigenvalue weighted by Crippen LogP contribution is 2.25. The molecule has 2 N–H and O–H groups in total. The number of halogens is 4. The zero-order chi connectivity index (χ0) is 19.6. The van der Waals surface area contributed by atoms with Crippen LogP contribution in [0.3, 0.4) is 0 Å². The van der Waals surface area contributed by atoms with E-state index < -0.39 is 29.1 Å². The first-order valence-corrected chi connectivity index (χ1v) is 7.63. The van der Waals surface area contributed by atoms with Crippen molar-refractivity contribution in [2.45, 2.75) is 6.18 Å². The van der Waals surface area contributed by atoms with Gasteiger partial charge in [0, 0.05) is 12.4 Å². The second kappa shape index (κ2) is 7.16. The molecule has 27 heavy (non-hydrogen) atoms. The number of hydrogen-bond acceptors (Lipinski definition) is 7. The van der Waals surface area contributed by atoms with E-state index >= 15 is 0 Å². The summed E-state index contributed by atoms with van der Waals surface area (Å²) in [5.74, 6) is -0.619. The minimum absolute atomic E-state index is 0.0254. The van der Waals surface area contributed by atoms with Crippen LogP contribution in [-0.4, -0.2) is 26.8 Å². The molecule has 0 unspecified atom stereocenters. The van der Waals surface area contributed by atoms with E-state index in [-0.39, 0.29) is 21.9 Å². The van der Waals surface area contributed by atoms with E-state index in [1.165, 1.54) is 36.7 Å². The van der Waals surface area contributed by atoms with E-state index in [1.807, 2.05) is 0 Å². The van der Waals surface area contributed by atoms with Gasteiger partial charge in [-0.15, -0.1) is 0 Å². The predicted molar refractivity (Wildman–Crippen MR) is 91.8 cm³/mol. The van der Waals surface area contributed by atoms with Gasteiger partial charge in [-0.3, -0.25) is 0 Å². The van der Waals surface area contributed by atoms with Gasteiger partial charge in [0.05, 0.1) is 5.02 Å². The van der Waals surface area contributed by atoms with Crippen LogP contribution in [0, 0.1) is 0 Å². The molecule has 0 radical (unpaired) electrons. The van der Waals surface area contributed by atoms with E-state index in [9.17, 15) is 18.0 Å². The van der Waals surface area contributed by atoms with Gasteiger partial charge in [-0.05, 0) is 30.3 Å². The molecule has 138 valence electrons. The summed E-state index contributed by atoms with van der Waals surface area (Å²) >= 11 is 5.94. The normalized spacial score (nSPS) is 13.2. The molecule has 0 bridgehead atoms. The Bertz CT molecular complexity index is 1120. The molecule has 11 heteroatoms. The molecule has 0 spiro atoms. The Morgan fingerprint density at radius 1 is 1.22 bits per heavy atom. The van der Waals surface area contributed by atoms with E-state index in [4.69, 9.17) is 21.8 Å². The maximum Gasteiger partial charge on any atom is 0.430 e. The third-order valence-corrected chi connectivity index (χ3v) is 3.50. The Morgan fingerprint density at radius 3 is 2.63 bits per heavy atom. The Labute approximate surface area is 154 Å². The van der Waals surface area contributed by atoms with Gasteiger partial charge in [-0.2, -0.15) is 18.2 Å². The number of hydrogen-bond donors (Lipinski definition) is 1. The molecule has 0 aliphatic heterocycles. The second-order valence-electron chi connectivity index (χ2n) is 5.08. The molecule has 0 fully saturated rings. The van der Waals surface area contributed by atoms with Crippen LogP contribution in [-0.2, 0) is 0 Å². The average Bonchev–Trinajstić information content (AvgIpc) is 2.62. The van der Waals surface area contributed by atoms with Crippen molar-refractivity contribution in [3.63, 3.8) is 0 Å². The molecule has 3 rings (SSSR count). The number of nitrogens with zero attached hydrogens (tertiary/aromatic N) is 4. The van der Waals surface area contributed by atoms with Gasteiger partial charge in [0.25, 0.3) is 5.89 Å². The number of alkyl halides is 3. The van der Waals surface area contributed by atoms with Gasteiger partial charge in [-0.1, -0.05) is 11.6 Å². The summed E-state index contributed by atoms with van der Waals surface area (Å²) in [6.45, 7) is 0. The number of fused-ring (bicyclic) bond motifs is 1. The van der Waals surface area contributed by atoms with Crippen LogP contribution in [0.4, 0.5) is 19.0 Å². The van der Waals surface area contributed by atoms with Crippen LogP contribution in [0.25, 0.3) is 11.0 Å². The number of aromatic nitrogens is 3. The van der Waals surface area contributed by atoms with Crippen molar-refractivity contribution >= 4 is 34.2 Å². The van der Waals surface area contributed by atoms with Crippen molar-refractivity contribution in [1.82, 2.24) is 15.0 Å². The maximum atomic E-state index is 12.9. The number of allylic oxidation sites excluding steroid dienone is 2. The van der Waals surface area contributed by atoms with Crippen molar-refractivity contribution in [3.05, 3.63) is 69.8 Å². The number of rotatable bonds is 3. The Kier molecular flexibility index (Phi) is 4.91. The molecule has 0 saturated carbocycles. The summed E-state index contributed by atoms with van der Waals surface area (Å²) < 4.78 is 43.6. The molecular weight excluding hydrogens is 387 g/mol. The highest BCUT2D eigenvalue weighted by Gasteiger charge is 2.32. The van der Waals surface area contributed by atoms with E-state index in [0.29, 0.717) is 6.08 Å². The average molecular weight is 396 g/mol. The first-order chi connectivity index (χ1) is 12.8. The Hall–Kier alpha value is -3.27. The van der Waals surface area contributed by atoms with Crippen LogP contribution < -0.4 is 11.4 Å². The van der Waals surface area contributed by atoms with Crippen LogP contribution >= 0.6 is 11.6 Å². The number of aliphatic imine (C=N–C) groups is 1. The van der Waals surface area contributed by atoms with Crippen LogP contribution in [0.1, 0.15) is 5.89 Å². The molecule has 0 aliphatic carbocycles. The molecule has 0 amide bonds. The second-order valence-corrected chi connectivity index (χ2v) is 5.49. The smallest absolute Gasteiger partial charge is 0.401 e. The summed E-state index contributed by atoms with van der Waals surface area (Å²) in [6, 6.07) is 5.86. The van der Waals surface area contributed by atoms with Crippen molar-refractivity contribution in [2.24, 2.45) is 10.7 Å². The Balaban J connectivity index is 2.25. The predicted octanol–water partition coefficient (Wildman–Crippen LogP) is 3.16. The molecule has 0 aromatic carbocycles. The maximum absolute atomic E-state index is 12.9. The summed E-state index contributed by atoms with van der Waals surface area (Å²) in [5, 5.41) is 0.125. The lowest BCUT2D eigenvalue weighted by Crippen LogP contribution is -2.21. The van der Waals surface area contributed by atoms with Gasteiger partial charge < -0.3 is 10.2 Å². The van der Waals surface area contributed by atoms with E-state index in [2.05, 4.69) is 19.9 Å². The van der Waals surface area contributed by atoms with Crippen LogP contribution in [0.2, 0.25) is 5.02 Å². The minimum atomic E-state index is -4.83. The molecular formula is C16H9ClF3N5O2. The Morgan fingerprint density at radius 2 is 1.93 bits per heavy atom. The summed E-state index contributed by atoms with van der Waals surface area (Å²) in [6.07, 6.45) is -1.65. The molecule has 3 heterocycles. The summed E-state index contributed by atoms with van der Waals surface area (Å²) in [4.78, 5) is 27.7. The highest BCUT2D eigenvalue weighted by atomic mass is 35.5. The molecule has 0 aliphatic rings. The molecule has 3 aromatic rings. The molecule has 0 atom stereocenters. The van der Waals surface area contributed by atoms with Crippen molar-refractivity contribution in [2.75, 3.05) is 0 Å². The quantitative estimate of drug-likeness (QED) is 0.682. The fraction of sp³-hybridized carbons (Fsp3) is 0.0625. The highest BCUT2D eigenvalue weighted by molar-refractivity contribution is 6.32. The van der Waals surface area contributed by atoms with Gasteiger partial charge in [0.1, 0.15) is 16.8 Å². The van der Waals surface area contributed by atoms with Crippen LogP contribution in [0.15, 0.2) is 62.6 Å². The summed E-state index contributed by atoms with van der Waals surface area (Å²) in [5.41, 5.74) is 2.24. The van der Waals surface area contributed by atoms with Gasteiger partial charge in [-0.25, -0.2) is 19.8 Å². The topological polar surface area (TPSA) is 107 Å². The third kappa shape index (κ3) is 4.11. The van der Waals surface area contributed by atoms with Crippen molar-refractivity contribution in [1.29, 1.82) is 0 Å². The fourth-order valence-electron chi connectivity index (χ4n) is 1.96. The van der Waals surface area contributed by atoms with Gasteiger partial charge in [0.15, 0.2) is 11.5 Å². The summed E-state index contributed by atoms with van der Waals surface area (Å²) in [7, 11) is 0. The molecule has 0 saturated heterocycles. The SMILES string of the molecule is NC(=CC(=Nc1ncccc1Cl)c1nc2ncccc2c(=O)o1)C(F)(F)F. The monoisotopic (exact) mass is 395 g/mol. The number of nitrogens with two attached hydrogens (primary N) is 1. The lowest BCUT2D eigenvalue weighted by Gasteiger charge is -2.07. The third-order valence-electron chi connectivity index (χ3n) is 3.21. The largest absolute Gasteiger partial charge is 0.430 e. The lowest BCUT2D eigenvalue weighted by molar-refractivity contribution is -0.0925. The fourth-order valence-corrected chi connectivity index (χ4v) is 2.13. The molecule has 3 aromatic heterocycles. The van der Waals surface area contributed by atoms with E-state index in [0.717, 1.165) is 0 Å². The zero-order valence-electron chi connectivity index (χ0n) is 13.2. The van der Waals surface area contributed by atoms with Gasteiger partial charge >= 0.3 is 11.8 Å². The number of pyridine rings is 2. The van der Waals surface area contributed by atoms with Crippen molar-refractivity contribution < 1.29 is 17.6 Å². The van der Waals surface area contributed by atoms with Crippen molar-refractivity contribution in [3.8, 4) is 0 Å². The lowest BCUT2D eigenvalue weighted by atomic mass is 10.2. The van der Waals surface area contributed by atoms with E-state index in [1.54, 1.807) is 0 Å². The zero-order valence-corrected chi connectivity index (χ0v) is 14.0. The minimum Gasteiger partial charge on any atom is -0.401 e.